The molecule has 120 valence electrons. The van der Waals surface area contributed by atoms with E-state index in [9.17, 15) is 9.59 Å². The highest BCUT2D eigenvalue weighted by Crippen LogP contribution is 2.27. The van der Waals surface area contributed by atoms with E-state index in [2.05, 4.69) is 26.6 Å². The molecule has 5 nitrogen and oxygen atoms in total. The number of ether oxygens (including phenoxy) is 1. The zero-order chi connectivity index (χ0) is 16.8. The molecule has 0 aromatic heterocycles. The molecular weight excluding hydrogens is 384 g/mol. The van der Waals surface area contributed by atoms with E-state index in [1.165, 1.54) is 7.05 Å². The van der Waals surface area contributed by atoms with Crippen LogP contribution in [0, 0.1) is 0 Å². The molecule has 7 heteroatoms. The fourth-order valence-electron chi connectivity index (χ4n) is 1.85. The smallest absolute Gasteiger partial charge is 0.262 e. The van der Waals surface area contributed by atoms with Gasteiger partial charge in [-0.1, -0.05) is 23.7 Å². The number of amides is 2. The lowest BCUT2D eigenvalue weighted by Gasteiger charge is -2.11. The van der Waals surface area contributed by atoms with Crippen molar-refractivity contribution in [1.29, 1.82) is 0 Å². The topological polar surface area (TPSA) is 67.4 Å². The van der Waals surface area contributed by atoms with E-state index in [4.69, 9.17) is 16.3 Å². The molecule has 2 rings (SSSR count). The van der Waals surface area contributed by atoms with Crippen LogP contribution in [0.25, 0.3) is 0 Å². The Morgan fingerprint density at radius 2 is 1.96 bits per heavy atom. The minimum absolute atomic E-state index is 0.192. The van der Waals surface area contributed by atoms with E-state index in [1.54, 1.807) is 42.5 Å². The van der Waals surface area contributed by atoms with Crippen LogP contribution >= 0.6 is 27.5 Å². The summed E-state index contributed by atoms with van der Waals surface area (Å²) in [5, 5.41) is 5.75. The number of benzene rings is 2. The molecule has 0 radical (unpaired) electrons. The van der Waals surface area contributed by atoms with Gasteiger partial charge in [-0.25, -0.2) is 0 Å². The second-order valence-corrected chi connectivity index (χ2v) is 5.83. The minimum Gasteiger partial charge on any atom is -0.483 e. The molecule has 0 spiro atoms. The SMILES string of the molecule is CNC(=O)c1ccccc1NC(=O)COc1ccc(Cl)cc1Br. The summed E-state index contributed by atoms with van der Waals surface area (Å²) >= 11 is 9.16. The first kappa shape index (κ1) is 17.3. The molecule has 0 unspecified atom stereocenters. The molecular formula is C16H14BrClN2O3. The van der Waals surface area contributed by atoms with E-state index in [0.717, 1.165) is 0 Å². The number of carbonyl (C=O) groups excluding carboxylic acids is 2. The van der Waals surface area contributed by atoms with Gasteiger partial charge in [-0.3, -0.25) is 9.59 Å². The first-order valence-corrected chi connectivity index (χ1v) is 7.87. The van der Waals surface area contributed by atoms with Crippen molar-refractivity contribution in [3.8, 4) is 5.75 Å². The van der Waals surface area contributed by atoms with Gasteiger partial charge in [0.25, 0.3) is 11.8 Å². The van der Waals surface area contributed by atoms with Gasteiger partial charge in [0.15, 0.2) is 6.61 Å². The summed E-state index contributed by atoms with van der Waals surface area (Å²) in [7, 11) is 1.53. The van der Waals surface area contributed by atoms with Gasteiger partial charge < -0.3 is 15.4 Å². The summed E-state index contributed by atoms with van der Waals surface area (Å²) in [5.41, 5.74) is 0.812. The molecule has 23 heavy (non-hydrogen) atoms. The predicted molar refractivity (Wildman–Crippen MR) is 93.1 cm³/mol. The third-order valence-corrected chi connectivity index (χ3v) is 3.78. The van der Waals surface area contributed by atoms with Gasteiger partial charge in [0.1, 0.15) is 5.75 Å². The summed E-state index contributed by atoms with van der Waals surface area (Å²) in [4.78, 5) is 23.8. The lowest BCUT2D eigenvalue weighted by molar-refractivity contribution is -0.118. The van der Waals surface area contributed by atoms with Gasteiger partial charge in [-0.05, 0) is 46.3 Å². The van der Waals surface area contributed by atoms with Crippen molar-refractivity contribution in [3.05, 3.63) is 57.5 Å². The molecule has 0 fully saturated rings. The Hall–Kier alpha value is -2.05. The fourth-order valence-corrected chi connectivity index (χ4v) is 2.64. The molecule has 0 aliphatic rings. The first-order valence-electron chi connectivity index (χ1n) is 6.70. The molecule has 0 atom stereocenters. The number of anilines is 1. The van der Waals surface area contributed by atoms with Crippen LogP contribution in [0.1, 0.15) is 10.4 Å². The van der Waals surface area contributed by atoms with Gasteiger partial charge in [0.2, 0.25) is 0 Å². The van der Waals surface area contributed by atoms with Gasteiger partial charge in [-0.2, -0.15) is 0 Å². The number of hydrogen-bond donors (Lipinski definition) is 2. The van der Waals surface area contributed by atoms with Crippen molar-refractivity contribution in [2.75, 3.05) is 19.0 Å². The molecule has 2 aromatic rings. The summed E-state index contributed by atoms with van der Waals surface area (Å²) < 4.78 is 6.09. The first-order chi connectivity index (χ1) is 11.0. The molecule has 2 N–H and O–H groups in total. The second-order valence-electron chi connectivity index (χ2n) is 4.54. The molecule has 0 saturated heterocycles. The summed E-state index contributed by atoms with van der Waals surface area (Å²) in [6.45, 7) is -0.192. The minimum atomic E-state index is -0.372. The van der Waals surface area contributed by atoms with Crippen LogP contribution in [0.15, 0.2) is 46.9 Å². The van der Waals surface area contributed by atoms with Crippen LogP contribution in [-0.4, -0.2) is 25.5 Å². The maximum absolute atomic E-state index is 12.0. The Labute approximate surface area is 147 Å². The Balaban J connectivity index is 2.01. The largest absolute Gasteiger partial charge is 0.483 e. The van der Waals surface area contributed by atoms with Crippen molar-refractivity contribution in [2.24, 2.45) is 0 Å². The third-order valence-electron chi connectivity index (χ3n) is 2.93. The number of carbonyl (C=O) groups is 2. The lowest BCUT2D eigenvalue weighted by Crippen LogP contribution is -2.24. The van der Waals surface area contributed by atoms with Crippen LogP contribution < -0.4 is 15.4 Å². The van der Waals surface area contributed by atoms with E-state index in [0.29, 0.717) is 26.5 Å². The van der Waals surface area contributed by atoms with Crippen molar-refractivity contribution < 1.29 is 14.3 Å². The van der Waals surface area contributed by atoms with Crippen molar-refractivity contribution in [1.82, 2.24) is 5.32 Å². The van der Waals surface area contributed by atoms with E-state index in [1.807, 2.05) is 0 Å². The average molecular weight is 398 g/mol. The van der Waals surface area contributed by atoms with Crippen molar-refractivity contribution >= 4 is 45.0 Å². The standard InChI is InChI=1S/C16H14BrClN2O3/c1-19-16(22)11-4-2-3-5-13(11)20-15(21)9-23-14-7-6-10(18)8-12(14)17/h2-8H,9H2,1H3,(H,19,22)(H,20,21). The summed E-state index contributed by atoms with van der Waals surface area (Å²) in [6.07, 6.45) is 0. The number of para-hydroxylation sites is 1. The van der Waals surface area contributed by atoms with Gasteiger partial charge in [0, 0.05) is 12.1 Å². The van der Waals surface area contributed by atoms with Gasteiger partial charge in [-0.15, -0.1) is 0 Å². The van der Waals surface area contributed by atoms with E-state index in [-0.39, 0.29) is 18.4 Å². The van der Waals surface area contributed by atoms with Crippen molar-refractivity contribution in [3.63, 3.8) is 0 Å². The monoisotopic (exact) mass is 396 g/mol. The van der Waals surface area contributed by atoms with Crippen LogP contribution in [0.5, 0.6) is 5.75 Å². The van der Waals surface area contributed by atoms with Crippen molar-refractivity contribution in [2.45, 2.75) is 0 Å². The predicted octanol–water partition coefficient (Wildman–Crippen LogP) is 3.48. The number of rotatable bonds is 5. The highest BCUT2D eigenvalue weighted by Gasteiger charge is 2.12. The maximum atomic E-state index is 12.0. The van der Waals surface area contributed by atoms with Crippen LogP contribution in [0.4, 0.5) is 5.69 Å². The van der Waals surface area contributed by atoms with E-state index < -0.39 is 0 Å². The highest BCUT2D eigenvalue weighted by molar-refractivity contribution is 9.10. The number of halogens is 2. The van der Waals surface area contributed by atoms with Crippen LogP contribution in [0.2, 0.25) is 5.02 Å². The molecule has 0 aliphatic heterocycles. The lowest BCUT2D eigenvalue weighted by atomic mass is 10.1. The zero-order valence-corrected chi connectivity index (χ0v) is 14.6. The summed E-state index contributed by atoms with van der Waals surface area (Å²) in [6, 6.07) is 11.8. The van der Waals surface area contributed by atoms with Crippen LogP contribution in [0.3, 0.4) is 0 Å². The molecule has 0 aliphatic carbocycles. The number of nitrogens with one attached hydrogen (secondary N) is 2. The molecule has 0 heterocycles. The maximum Gasteiger partial charge on any atom is 0.262 e. The molecule has 0 bridgehead atoms. The molecule has 2 aromatic carbocycles. The second kappa shape index (κ2) is 7.99. The van der Waals surface area contributed by atoms with Crippen LogP contribution in [-0.2, 0) is 4.79 Å². The Bertz CT molecular complexity index is 737. The third kappa shape index (κ3) is 4.71. The van der Waals surface area contributed by atoms with Gasteiger partial charge >= 0.3 is 0 Å². The Morgan fingerprint density at radius 1 is 1.22 bits per heavy atom. The number of hydrogen-bond acceptors (Lipinski definition) is 3. The summed E-state index contributed by atoms with van der Waals surface area (Å²) in [5.74, 6) is -0.144. The molecule has 0 saturated carbocycles. The molecule has 2 amide bonds. The highest BCUT2D eigenvalue weighted by atomic mass is 79.9. The Morgan fingerprint density at radius 3 is 2.65 bits per heavy atom. The fraction of sp³-hybridized carbons (Fsp3) is 0.125. The van der Waals surface area contributed by atoms with Gasteiger partial charge in [0.05, 0.1) is 15.7 Å². The van der Waals surface area contributed by atoms with E-state index >= 15 is 0 Å². The average Bonchev–Trinajstić information content (AvgIpc) is 2.54. The quantitative estimate of drug-likeness (QED) is 0.812. The normalized spacial score (nSPS) is 10.0. The Kier molecular flexibility index (Phi) is 6.01. The zero-order valence-electron chi connectivity index (χ0n) is 12.2.